The fourth-order valence-corrected chi connectivity index (χ4v) is 3.07. The van der Waals surface area contributed by atoms with Crippen molar-refractivity contribution >= 4 is 43.7 Å². The lowest BCUT2D eigenvalue weighted by atomic mass is 10.2. The van der Waals surface area contributed by atoms with E-state index in [4.69, 9.17) is 11.5 Å². The van der Waals surface area contributed by atoms with Crippen LogP contribution in [0.3, 0.4) is 0 Å². The first-order valence-electron chi connectivity index (χ1n) is 3.24. The summed E-state index contributed by atoms with van der Waals surface area (Å²) in [6.07, 6.45) is 0. The molecule has 5 heteroatoms. The summed E-state index contributed by atoms with van der Waals surface area (Å²) in [6, 6.07) is 0. The number of primary amides is 1. The van der Waals surface area contributed by atoms with Crippen LogP contribution in [-0.2, 0) is 0 Å². The predicted molar refractivity (Wildman–Crippen MR) is 52.6 cm³/mol. The molecule has 4 N–H and O–H groups in total. The topological polar surface area (TPSA) is 69.1 Å². The Morgan fingerprint density at radius 3 is 2.67 bits per heavy atom. The van der Waals surface area contributed by atoms with Crippen LogP contribution < -0.4 is 11.5 Å². The number of carbonyl (C=O) groups is 1. The number of nitrogens with two attached hydrogens (primary N) is 2. The zero-order valence-corrected chi connectivity index (χ0v) is 7.67. The molecule has 2 aromatic rings. The van der Waals surface area contributed by atoms with Crippen LogP contribution in [-0.4, -0.2) is 5.91 Å². The van der Waals surface area contributed by atoms with Crippen molar-refractivity contribution in [1.82, 2.24) is 0 Å². The Bertz CT molecular complexity index is 443. The summed E-state index contributed by atoms with van der Waals surface area (Å²) in [6.45, 7) is 0. The van der Waals surface area contributed by atoms with Gasteiger partial charge in [0, 0.05) is 16.1 Å². The van der Waals surface area contributed by atoms with Gasteiger partial charge in [0.25, 0.3) is 0 Å². The Balaban J connectivity index is 2.83. The van der Waals surface area contributed by atoms with Crippen molar-refractivity contribution < 1.29 is 4.79 Å². The highest BCUT2D eigenvalue weighted by molar-refractivity contribution is 7.37. The number of fused-ring (bicyclic) bond motifs is 1. The van der Waals surface area contributed by atoms with Gasteiger partial charge in [-0.2, -0.15) is 0 Å². The Morgan fingerprint density at radius 1 is 1.33 bits per heavy atom. The zero-order chi connectivity index (χ0) is 8.72. The van der Waals surface area contributed by atoms with Crippen LogP contribution in [0.25, 0.3) is 9.40 Å². The van der Waals surface area contributed by atoms with Crippen LogP contribution in [0, 0.1) is 0 Å². The first-order valence-corrected chi connectivity index (χ1v) is 5.00. The quantitative estimate of drug-likeness (QED) is 0.731. The van der Waals surface area contributed by atoms with E-state index in [0.29, 0.717) is 11.3 Å². The molecular weight excluding hydrogens is 192 g/mol. The molecule has 0 fully saturated rings. The molecule has 0 saturated carbocycles. The molecule has 0 unspecified atom stereocenters. The van der Waals surface area contributed by atoms with Gasteiger partial charge in [0.1, 0.15) is 0 Å². The van der Waals surface area contributed by atoms with Gasteiger partial charge in [0.15, 0.2) is 0 Å². The first kappa shape index (κ1) is 7.57. The lowest BCUT2D eigenvalue weighted by molar-refractivity contribution is 0.100. The van der Waals surface area contributed by atoms with Crippen LogP contribution in [0.2, 0.25) is 0 Å². The second kappa shape index (κ2) is 2.46. The maximum Gasteiger partial charge on any atom is 0.250 e. The molecule has 0 aromatic carbocycles. The van der Waals surface area contributed by atoms with E-state index in [1.807, 2.05) is 5.38 Å². The second-order valence-corrected chi connectivity index (χ2v) is 4.38. The van der Waals surface area contributed by atoms with Crippen molar-refractivity contribution in [1.29, 1.82) is 0 Å². The van der Waals surface area contributed by atoms with E-state index in [1.54, 1.807) is 5.38 Å². The molecule has 0 aliphatic rings. The number of amides is 1. The minimum absolute atomic E-state index is 0.411. The molecular formula is C7H6N2OS2. The van der Waals surface area contributed by atoms with E-state index in [-0.39, 0.29) is 0 Å². The molecule has 62 valence electrons. The molecule has 0 bridgehead atoms. The van der Waals surface area contributed by atoms with E-state index >= 15 is 0 Å². The number of hydrogen-bond acceptors (Lipinski definition) is 4. The lowest BCUT2D eigenvalue weighted by Gasteiger charge is -1.89. The average Bonchev–Trinajstić information content (AvgIpc) is 2.53. The van der Waals surface area contributed by atoms with Gasteiger partial charge in [-0.3, -0.25) is 4.79 Å². The molecule has 0 aliphatic carbocycles. The molecule has 1 amide bonds. The van der Waals surface area contributed by atoms with Gasteiger partial charge in [-0.1, -0.05) is 0 Å². The summed E-state index contributed by atoms with van der Waals surface area (Å²) in [7, 11) is 0. The molecule has 12 heavy (non-hydrogen) atoms. The Kier molecular flexibility index (Phi) is 1.55. The highest BCUT2D eigenvalue weighted by Crippen LogP contribution is 2.35. The second-order valence-electron chi connectivity index (χ2n) is 2.37. The summed E-state index contributed by atoms with van der Waals surface area (Å²) in [5, 5.41) is 4.39. The average molecular weight is 198 g/mol. The van der Waals surface area contributed by atoms with Gasteiger partial charge < -0.3 is 11.5 Å². The van der Waals surface area contributed by atoms with Gasteiger partial charge in [-0.05, 0) is 0 Å². The van der Waals surface area contributed by atoms with Crippen molar-refractivity contribution in [2.24, 2.45) is 5.73 Å². The SMILES string of the molecule is NC(=O)c1csc2scc(N)c12. The summed E-state index contributed by atoms with van der Waals surface area (Å²) in [5.74, 6) is -0.411. The minimum atomic E-state index is -0.411. The smallest absolute Gasteiger partial charge is 0.250 e. The monoisotopic (exact) mass is 198 g/mol. The predicted octanol–water partition coefficient (Wildman–Crippen LogP) is 1.64. The van der Waals surface area contributed by atoms with Crippen molar-refractivity contribution in [2.45, 2.75) is 0 Å². The van der Waals surface area contributed by atoms with Gasteiger partial charge in [-0.15, -0.1) is 22.7 Å². The van der Waals surface area contributed by atoms with Gasteiger partial charge in [0.05, 0.1) is 15.3 Å². The molecule has 2 heterocycles. The summed E-state index contributed by atoms with van der Waals surface area (Å²) < 4.78 is 1.06. The van der Waals surface area contributed by atoms with E-state index < -0.39 is 5.91 Å². The van der Waals surface area contributed by atoms with Crippen molar-refractivity contribution in [3.05, 3.63) is 16.3 Å². The molecule has 0 saturated heterocycles. The maximum atomic E-state index is 10.9. The molecule has 2 rings (SSSR count). The number of anilines is 1. The minimum Gasteiger partial charge on any atom is -0.398 e. The van der Waals surface area contributed by atoms with Crippen molar-refractivity contribution in [3.63, 3.8) is 0 Å². The highest BCUT2D eigenvalue weighted by Gasteiger charge is 2.12. The number of thiophene rings is 2. The molecule has 0 atom stereocenters. The molecule has 3 nitrogen and oxygen atoms in total. The first-order chi connectivity index (χ1) is 5.70. The van der Waals surface area contributed by atoms with Crippen LogP contribution in [0.5, 0.6) is 0 Å². The Morgan fingerprint density at radius 2 is 2.00 bits per heavy atom. The number of carbonyl (C=O) groups excluding carboxylic acids is 1. The number of hydrogen-bond donors (Lipinski definition) is 2. The maximum absolute atomic E-state index is 10.9. The largest absolute Gasteiger partial charge is 0.398 e. The highest BCUT2D eigenvalue weighted by atomic mass is 32.2. The van der Waals surface area contributed by atoms with Crippen molar-refractivity contribution in [3.8, 4) is 0 Å². The standard InChI is InChI=1S/C7H6N2OS2/c8-4-2-12-7-5(4)3(1-11-7)6(9)10/h1-2H,8H2,(H2,9,10). The fourth-order valence-electron chi connectivity index (χ4n) is 1.06. The zero-order valence-electron chi connectivity index (χ0n) is 6.03. The van der Waals surface area contributed by atoms with Crippen LogP contribution >= 0.6 is 22.7 Å². The van der Waals surface area contributed by atoms with Gasteiger partial charge in [0.2, 0.25) is 5.91 Å². The van der Waals surface area contributed by atoms with Gasteiger partial charge in [-0.25, -0.2) is 0 Å². The van der Waals surface area contributed by atoms with Crippen LogP contribution in [0.1, 0.15) is 10.4 Å². The number of rotatable bonds is 1. The molecule has 0 spiro atoms. The Labute approximate surface area is 76.6 Å². The van der Waals surface area contributed by atoms with E-state index in [9.17, 15) is 4.79 Å². The third kappa shape index (κ3) is 0.904. The van der Waals surface area contributed by atoms with E-state index in [0.717, 1.165) is 9.40 Å². The number of nitrogen functional groups attached to an aromatic ring is 1. The third-order valence-electron chi connectivity index (χ3n) is 1.60. The van der Waals surface area contributed by atoms with E-state index in [1.165, 1.54) is 22.7 Å². The van der Waals surface area contributed by atoms with Crippen molar-refractivity contribution in [2.75, 3.05) is 5.73 Å². The molecule has 2 aromatic heterocycles. The normalized spacial score (nSPS) is 10.7. The summed E-state index contributed by atoms with van der Waals surface area (Å²) >= 11 is 3.04. The lowest BCUT2D eigenvalue weighted by Crippen LogP contribution is -2.09. The summed E-state index contributed by atoms with van der Waals surface area (Å²) in [5.41, 5.74) is 12.0. The van der Waals surface area contributed by atoms with Gasteiger partial charge >= 0.3 is 0 Å². The molecule has 0 radical (unpaired) electrons. The van der Waals surface area contributed by atoms with Crippen LogP contribution in [0.15, 0.2) is 10.8 Å². The Hall–Kier alpha value is -1.07. The van der Waals surface area contributed by atoms with E-state index in [2.05, 4.69) is 0 Å². The fraction of sp³-hybridized carbons (Fsp3) is 0. The summed E-state index contributed by atoms with van der Waals surface area (Å²) in [4.78, 5) is 10.9. The third-order valence-corrected chi connectivity index (χ3v) is 3.74. The molecule has 0 aliphatic heterocycles. The van der Waals surface area contributed by atoms with Crippen LogP contribution in [0.4, 0.5) is 5.69 Å².